The summed E-state index contributed by atoms with van der Waals surface area (Å²) < 4.78 is 41.5. The number of carbonyl (C=O) groups excluding carboxylic acids is 1. The molecule has 0 spiro atoms. The van der Waals surface area contributed by atoms with Crippen molar-refractivity contribution in [3.63, 3.8) is 0 Å². The van der Waals surface area contributed by atoms with Gasteiger partial charge in [-0.05, 0) is 61.7 Å². The molecule has 0 atom stereocenters. The molecule has 0 aliphatic carbocycles. The fourth-order valence-electron chi connectivity index (χ4n) is 3.61. The Morgan fingerprint density at radius 2 is 1.73 bits per heavy atom. The molecule has 0 radical (unpaired) electrons. The molecule has 1 amide bonds. The Kier molecular flexibility index (Phi) is 5.48. The van der Waals surface area contributed by atoms with Gasteiger partial charge in [0.15, 0.2) is 0 Å². The molecular formula is C22H21F3N4O. The zero-order valence-electron chi connectivity index (χ0n) is 16.2. The molecule has 30 heavy (non-hydrogen) atoms. The highest BCUT2D eigenvalue weighted by atomic mass is 19.4. The first-order chi connectivity index (χ1) is 14.4. The van der Waals surface area contributed by atoms with Gasteiger partial charge in [-0.25, -0.2) is 4.98 Å². The minimum Gasteiger partial charge on any atom is -0.370 e. The number of hydrogen-bond donors (Lipinski definition) is 1. The van der Waals surface area contributed by atoms with Crippen molar-refractivity contribution in [2.45, 2.75) is 25.4 Å². The molecule has 1 aliphatic rings. The van der Waals surface area contributed by atoms with E-state index >= 15 is 0 Å². The Morgan fingerprint density at radius 3 is 2.37 bits per heavy atom. The summed E-state index contributed by atoms with van der Waals surface area (Å²) in [6.07, 6.45) is 3.64. The molecule has 0 saturated carbocycles. The number of piperidine rings is 1. The van der Waals surface area contributed by atoms with E-state index in [4.69, 9.17) is 0 Å². The fourth-order valence-corrected chi connectivity index (χ4v) is 3.61. The molecule has 5 nitrogen and oxygen atoms in total. The molecular weight excluding hydrogens is 393 g/mol. The number of aromatic nitrogens is 2. The van der Waals surface area contributed by atoms with Crippen LogP contribution in [0.25, 0.3) is 5.69 Å². The normalized spacial score (nSPS) is 14.6. The predicted molar refractivity (Wildman–Crippen MR) is 109 cm³/mol. The Labute approximate surface area is 172 Å². The highest BCUT2D eigenvalue weighted by Gasteiger charge is 2.32. The second-order valence-corrected chi connectivity index (χ2v) is 7.25. The van der Waals surface area contributed by atoms with Crippen LogP contribution in [0.5, 0.6) is 0 Å². The highest BCUT2D eigenvalue weighted by Crippen LogP contribution is 2.36. The first-order valence-electron chi connectivity index (χ1n) is 9.78. The van der Waals surface area contributed by atoms with E-state index in [1.54, 1.807) is 47.6 Å². The van der Waals surface area contributed by atoms with Crippen molar-refractivity contribution in [3.05, 3.63) is 72.3 Å². The number of benzene rings is 2. The Morgan fingerprint density at radius 1 is 1.00 bits per heavy atom. The average molecular weight is 414 g/mol. The van der Waals surface area contributed by atoms with Crippen molar-refractivity contribution in [1.82, 2.24) is 9.55 Å². The lowest BCUT2D eigenvalue weighted by atomic mass is 10.1. The number of alkyl halides is 3. The van der Waals surface area contributed by atoms with Crippen LogP contribution in [0.15, 0.2) is 61.2 Å². The van der Waals surface area contributed by atoms with Crippen LogP contribution in [-0.4, -0.2) is 28.5 Å². The third-order valence-corrected chi connectivity index (χ3v) is 5.20. The van der Waals surface area contributed by atoms with Crippen LogP contribution >= 0.6 is 0 Å². The van der Waals surface area contributed by atoms with Gasteiger partial charge in [0.2, 0.25) is 0 Å². The maximum absolute atomic E-state index is 13.2. The number of carbonyl (C=O) groups is 1. The maximum Gasteiger partial charge on any atom is 0.416 e. The topological polar surface area (TPSA) is 50.2 Å². The highest BCUT2D eigenvalue weighted by molar-refractivity contribution is 6.06. The molecule has 1 saturated heterocycles. The van der Waals surface area contributed by atoms with Gasteiger partial charge in [-0.1, -0.05) is 0 Å². The Balaban J connectivity index is 1.60. The number of imidazole rings is 1. The van der Waals surface area contributed by atoms with Gasteiger partial charge in [0.1, 0.15) is 0 Å². The lowest BCUT2D eigenvalue weighted by Crippen LogP contribution is -2.30. The van der Waals surface area contributed by atoms with E-state index in [-0.39, 0.29) is 5.69 Å². The van der Waals surface area contributed by atoms with E-state index < -0.39 is 17.6 Å². The van der Waals surface area contributed by atoms with E-state index in [0.29, 0.717) is 11.3 Å². The fraction of sp³-hybridized carbons (Fsp3) is 0.273. The number of rotatable bonds is 4. The molecule has 0 unspecified atom stereocenters. The van der Waals surface area contributed by atoms with Crippen molar-refractivity contribution in [2.75, 3.05) is 23.3 Å². The number of anilines is 2. The molecule has 1 fully saturated rings. The van der Waals surface area contributed by atoms with Crippen molar-refractivity contribution in [1.29, 1.82) is 0 Å². The van der Waals surface area contributed by atoms with Gasteiger partial charge in [0.05, 0.1) is 23.3 Å². The van der Waals surface area contributed by atoms with Crippen LogP contribution in [0.4, 0.5) is 24.5 Å². The number of nitrogens with zero attached hydrogens (tertiary/aromatic N) is 3. The van der Waals surface area contributed by atoms with Gasteiger partial charge in [0, 0.05) is 36.7 Å². The molecule has 156 valence electrons. The van der Waals surface area contributed by atoms with E-state index in [9.17, 15) is 18.0 Å². The number of nitrogens with one attached hydrogen (secondary N) is 1. The first kappa shape index (κ1) is 20.0. The number of halogens is 3. The Hall–Kier alpha value is -3.29. The van der Waals surface area contributed by atoms with Crippen molar-refractivity contribution < 1.29 is 18.0 Å². The van der Waals surface area contributed by atoms with Crippen molar-refractivity contribution in [3.8, 4) is 5.69 Å². The third-order valence-electron chi connectivity index (χ3n) is 5.20. The third kappa shape index (κ3) is 4.32. The largest absolute Gasteiger partial charge is 0.416 e. The SMILES string of the molecule is O=C(Nc1cc(C(F)(F)F)ccc1N1CCCCC1)c1ccc(-n2ccnc2)cc1. The lowest BCUT2D eigenvalue weighted by Gasteiger charge is -2.31. The summed E-state index contributed by atoms with van der Waals surface area (Å²) in [5, 5.41) is 2.69. The minimum atomic E-state index is -4.48. The van der Waals surface area contributed by atoms with Crippen molar-refractivity contribution in [2.24, 2.45) is 0 Å². The molecule has 1 N–H and O–H groups in total. The second-order valence-electron chi connectivity index (χ2n) is 7.25. The zero-order chi connectivity index (χ0) is 21.1. The van der Waals surface area contributed by atoms with Crippen molar-refractivity contribution >= 4 is 17.3 Å². The van der Waals surface area contributed by atoms with Crippen LogP contribution < -0.4 is 10.2 Å². The summed E-state index contributed by atoms with van der Waals surface area (Å²) in [5.41, 5.74) is 1.20. The van der Waals surface area contributed by atoms with Gasteiger partial charge < -0.3 is 14.8 Å². The maximum atomic E-state index is 13.2. The molecule has 2 aromatic carbocycles. The summed E-state index contributed by atoms with van der Waals surface area (Å²) >= 11 is 0. The molecule has 2 heterocycles. The molecule has 1 aromatic heterocycles. The molecule has 4 rings (SSSR count). The zero-order valence-corrected chi connectivity index (χ0v) is 16.2. The monoisotopic (exact) mass is 414 g/mol. The van der Waals surface area contributed by atoms with E-state index in [0.717, 1.165) is 50.2 Å². The van der Waals surface area contributed by atoms with Crippen LogP contribution in [0.2, 0.25) is 0 Å². The summed E-state index contributed by atoms with van der Waals surface area (Å²) in [7, 11) is 0. The van der Waals surface area contributed by atoms with E-state index in [1.807, 2.05) is 4.90 Å². The average Bonchev–Trinajstić information content (AvgIpc) is 3.29. The van der Waals surface area contributed by atoms with Crippen LogP contribution in [0, 0.1) is 0 Å². The van der Waals surface area contributed by atoms with Gasteiger partial charge >= 0.3 is 6.18 Å². The molecule has 3 aromatic rings. The molecule has 1 aliphatic heterocycles. The molecule has 8 heteroatoms. The lowest BCUT2D eigenvalue weighted by molar-refractivity contribution is -0.137. The van der Waals surface area contributed by atoms with E-state index in [1.165, 1.54) is 6.07 Å². The summed E-state index contributed by atoms with van der Waals surface area (Å²) in [6.45, 7) is 1.52. The minimum absolute atomic E-state index is 0.176. The number of hydrogen-bond acceptors (Lipinski definition) is 3. The second kappa shape index (κ2) is 8.22. The van der Waals surface area contributed by atoms with Gasteiger partial charge in [0.25, 0.3) is 5.91 Å². The molecule has 0 bridgehead atoms. The van der Waals surface area contributed by atoms with Crippen LogP contribution in [0.3, 0.4) is 0 Å². The first-order valence-corrected chi connectivity index (χ1v) is 9.78. The van der Waals surface area contributed by atoms with Crippen LogP contribution in [0.1, 0.15) is 35.2 Å². The van der Waals surface area contributed by atoms with E-state index in [2.05, 4.69) is 10.3 Å². The van der Waals surface area contributed by atoms with Crippen LogP contribution in [-0.2, 0) is 6.18 Å². The van der Waals surface area contributed by atoms with Gasteiger partial charge in [-0.2, -0.15) is 13.2 Å². The Bertz CT molecular complexity index is 1010. The quantitative estimate of drug-likeness (QED) is 0.644. The summed E-state index contributed by atoms with van der Waals surface area (Å²) in [5.74, 6) is -0.454. The van der Waals surface area contributed by atoms with Gasteiger partial charge in [-0.15, -0.1) is 0 Å². The summed E-state index contributed by atoms with van der Waals surface area (Å²) in [6, 6.07) is 10.3. The standard InChI is InChI=1S/C22H21F3N4O/c23-22(24,25)17-6-9-20(28-11-2-1-3-12-28)19(14-17)27-21(30)16-4-7-18(8-5-16)29-13-10-26-15-29/h4-10,13-15H,1-3,11-12H2,(H,27,30). The van der Waals surface area contributed by atoms with Gasteiger partial charge in [-0.3, -0.25) is 4.79 Å². The summed E-state index contributed by atoms with van der Waals surface area (Å²) in [4.78, 5) is 18.8. The predicted octanol–water partition coefficient (Wildman–Crippen LogP) is 5.13. The number of amides is 1. The smallest absolute Gasteiger partial charge is 0.370 e.